The SMILES string of the molecule is COC(=O)[C@@]12CN(C)C[C@@H]1c1c(n(C)c3ccccc13)CN2C(=O)c1ccc(C(F)(F)F)cc1. The summed E-state index contributed by atoms with van der Waals surface area (Å²) in [5, 5.41) is 1.02. The number of rotatable bonds is 2. The van der Waals surface area contributed by atoms with Crippen molar-refractivity contribution in [2.24, 2.45) is 7.05 Å². The summed E-state index contributed by atoms with van der Waals surface area (Å²) in [4.78, 5) is 30.7. The Morgan fingerprint density at radius 2 is 1.74 bits per heavy atom. The van der Waals surface area contributed by atoms with Crippen molar-refractivity contribution in [3.05, 3.63) is 70.9 Å². The fourth-order valence-electron chi connectivity index (χ4n) is 5.70. The molecule has 6 nitrogen and oxygen atoms in total. The number of para-hydroxylation sites is 1. The number of methoxy groups -OCH3 is 1. The van der Waals surface area contributed by atoms with Crippen LogP contribution in [0.3, 0.4) is 0 Å². The normalized spacial score (nSPS) is 22.5. The lowest BCUT2D eigenvalue weighted by Crippen LogP contribution is -2.63. The van der Waals surface area contributed by atoms with E-state index in [0.29, 0.717) is 6.54 Å². The molecule has 0 radical (unpaired) electrons. The smallest absolute Gasteiger partial charge is 0.416 e. The molecular formula is C25H24F3N3O3. The van der Waals surface area contributed by atoms with E-state index in [0.717, 1.165) is 34.3 Å². The average Bonchev–Trinajstić information content (AvgIpc) is 3.32. The van der Waals surface area contributed by atoms with Crippen LogP contribution in [-0.2, 0) is 29.3 Å². The van der Waals surface area contributed by atoms with Crippen molar-refractivity contribution in [2.45, 2.75) is 24.2 Å². The summed E-state index contributed by atoms with van der Waals surface area (Å²) in [6, 6.07) is 12.0. The predicted octanol–water partition coefficient (Wildman–Crippen LogP) is 3.79. The largest absolute Gasteiger partial charge is 0.467 e. The summed E-state index contributed by atoms with van der Waals surface area (Å²) in [5.41, 5.74) is 0.877. The second-order valence-electron chi connectivity index (χ2n) is 9.07. The molecule has 2 atom stereocenters. The van der Waals surface area contributed by atoms with Crippen LogP contribution in [0.25, 0.3) is 10.9 Å². The Bertz CT molecular complexity index is 1300. The molecule has 0 bridgehead atoms. The van der Waals surface area contributed by atoms with Gasteiger partial charge in [0.05, 0.1) is 19.2 Å². The molecule has 1 saturated heterocycles. The number of halogens is 3. The molecular weight excluding hydrogens is 447 g/mol. The van der Waals surface area contributed by atoms with Crippen LogP contribution in [0.1, 0.15) is 33.1 Å². The van der Waals surface area contributed by atoms with E-state index in [1.54, 1.807) is 0 Å². The molecule has 3 aromatic rings. The van der Waals surface area contributed by atoms with Gasteiger partial charge in [-0.2, -0.15) is 13.2 Å². The molecule has 0 saturated carbocycles. The van der Waals surface area contributed by atoms with Gasteiger partial charge in [-0.05, 0) is 42.9 Å². The maximum Gasteiger partial charge on any atom is 0.416 e. The van der Waals surface area contributed by atoms with Crippen LogP contribution >= 0.6 is 0 Å². The van der Waals surface area contributed by atoms with Gasteiger partial charge in [-0.25, -0.2) is 4.79 Å². The number of fused-ring (bicyclic) bond motifs is 5. The van der Waals surface area contributed by atoms with Crippen LogP contribution in [0.4, 0.5) is 13.2 Å². The van der Waals surface area contributed by atoms with Gasteiger partial charge in [0.25, 0.3) is 5.91 Å². The number of likely N-dealkylation sites (tertiary alicyclic amines) is 1. The molecule has 0 aliphatic carbocycles. The lowest BCUT2D eigenvalue weighted by Gasteiger charge is -2.46. The van der Waals surface area contributed by atoms with Crippen LogP contribution in [0.5, 0.6) is 0 Å². The number of nitrogens with zero attached hydrogens (tertiary/aromatic N) is 3. The zero-order chi connectivity index (χ0) is 24.4. The number of hydrogen-bond acceptors (Lipinski definition) is 4. The van der Waals surface area contributed by atoms with Crippen molar-refractivity contribution in [1.29, 1.82) is 0 Å². The number of benzene rings is 2. The quantitative estimate of drug-likeness (QED) is 0.534. The minimum Gasteiger partial charge on any atom is -0.467 e. The Hall–Kier alpha value is -3.33. The Morgan fingerprint density at radius 3 is 2.38 bits per heavy atom. The maximum absolute atomic E-state index is 13.8. The highest BCUT2D eigenvalue weighted by atomic mass is 19.4. The fraction of sp³-hybridized carbons (Fsp3) is 0.360. The molecule has 5 rings (SSSR count). The molecule has 1 amide bonds. The van der Waals surface area contributed by atoms with Gasteiger partial charge in [0.2, 0.25) is 0 Å². The molecule has 2 aromatic carbocycles. The van der Waals surface area contributed by atoms with E-state index in [-0.39, 0.29) is 24.6 Å². The molecule has 34 heavy (non-hydrogen) atoms. The monoisotopic (exact) mass is 471 g/mol. The van der Waals surface area contributed by atoms with Crippen molar-refractivity contribution < 1.29 is 27.5 Å². The van der Waals surface area contributed by atoms with E-state index < -0.39 is 29.2 Å². The molecule has 0 spiro atoms. The molecule has 3 heterocycles. The molecule has 0 unspecified atom stereocenters. The summed E-state index contributed by atoms with van der Waals surface area (Å²) >= 11 is 0. The Morgan fingerprint density at radius 1 is 1.06 bits per heavy atom. The topological polar surface area (TPSA) is 54.8 Å². The Kier molecular flexibility index (Phi) is 5.02. The molecule has 1 aromatic heterocycles. The van der Waals surface area contributed by atoms with Gasteiger partial charge in [-0.15, -0.1) is 0 Å². The fourth-order valence-corrected chi connectivity index (χ4v) is 5.70. The van der Waals surface area contributed by atoms with Crippen LogP contribution in [0.15, 0.2) is 48.5 Å². The third kappa shape index (κ3) is 3.06. The third-order valence-corrected chi connectivity index (χ3v) is 7.23. The first-order chi connectivity index (χ1) is 16.1. The van der Waals surface area contributed by atoms with Crippen molar-refractivity contribution in [1.82, 2.24) is 14.4 Å². The molecule has 2 aliphatic heterocycles. The minimum absolute atomic E-state index is 0.0896. The van der Waals surface area contributed by atoms with Gasteiger partial charge in [0.1, 0.15) is 0 Å². The molecule has 0 N–H and O–H groups in total. The zero-order valence-corrected chi connectivity index (χ0v) is 19.0. The van der Waals surface area contributed by atoms with E-state index >= 15 is 0 Å². The summed E-state index contributed by atoms with van der Waals surface area (Å²) < 4.78 is 46.4. The molecule has 2 aliphatic rings. The molecule has 1 fully saturated rings. The van der Waals surface area contributed by atoms with E-state index in [9.17, 15) is 22.8 Å². The number of hydrogen-bond donors (Lipinski definition) is 0. The lowest BCUT2D eigenvalue weighted by atomic mass is 9.75. The van der Waals surface area contributed by atoms with Crippen LogP contribution in [0, 0.1) is 0 Å². The van der Waals surface area contributed by atoms with E-state index in [1.807, 2.05) is 47.8 Å². The van der Waals surface area contributed by atoms with Crippen LogP contribution in [-0.4, -0.2) is 59.0 Å². The standard InChI is InChI=1S/C25H24F3N3O3/c1-29-12-18-21-17-6-4-5-7-19(17)30(2)20(21)13-31(24(18,14-29)23(33)34-3)22(32)15-8-10-16(11-9-15)25(26,27)28/h4-11,18H,12-14H2,1-3H3/t18-,24-/m1/s1. The van der Waals surface area contributed by atoms with Gasteiger partial charge in [0.15, 0.2) is 5.54 Å². The number of amides is 1. The second-order valence-corrected chi connectivity index (χ2v) is 9.07. The first-order valence-electron chi connectivity index (χ1n) is 10.9. The Labute approximate surface area is 194 Å². The number of esters is 1. The average molecular weight is 471 g/mol. The van der Waals surface area contributed by atoms with Crippen molar-refractivity contribution in [3.63, 3.8) is 0 Å². The van der Waals surface area contributed by atoms with E-state index in [1.165, 1.54) is 24.1 Å². The van der Waals surface area contributed by atoms with Crippen molar-refractivity contribution >= 4 is 22.8 Å². The van der Waals surface area contributed by atoms with Gasteiger partial charge in [0, 0.05) is 48.2 Å². The number of ether oxygens (including phenoxy) is 1. The van der Waals surface area contributed by atoms with E-state index in [2.05, 4.69) is 0 Å². The van der Waals surface area contributed by atoms with Gasteiger partial charge >= 0.3 is 12.1 Å². The number of carbonyl (C=O) groups is 2. The maximum atomic E-state index is 13.8. The van der Waals surface area contributed by atoms with Crippen molar-refractivity contribution in [3.8, 4) is 0 Å². The molecule has 9 heteroatoms. The van der Waals surface area contributed by atoms with Crippen LogP contribution < -0.4 is 0 Å². The minimum atomic E-state index is -4.50. The first-order valence-corrected chi connectivity index (χ1v) is 10.9. The number of likely N-dealkylation sites (N-methyl/N-ethyl adjacent to an activating group) is 1. The van der Waals surface area contributed by atoms with Crippen molar-refractivity contribution in [2.75, 3.05) is 27.2 Å². The van der Waals surface area contributed by atoms with Gasteiger partial charge in [-0.1, -0.05) is 18.2 Å². The zero-order valence-electron chi connectivity index (χ0n) is 19.0. The van der Waals surface area contributed by atoms with E-state index in [4.69, 9.17) is 4.74 Å². The highest BCUT2D eigenvalue weighted by Crippen LogP contribution is 2.50. The summed E-state index contributed by atoms with van der Waals surface area (Å²) in [5.74, 6) is -1.38. The summed E-state index contributed by atoms with van der Waals surface area (Å²) in [7, 11) is 5.10. The number of aryl methyl sites for hydroxylation is 1. The lowest BCUT2D eigenvalue weighted by molar-refractivity contribution is -0.155. The predicted molar refractivity (Wildman–Crippen MR) is 119 cm³/mol. The number of carbonyl (C=O) groups excluding carboxylic acids is 2. The third-order valence-electron chi connectivity index (χ3n) is 7.23. The van der Waals surface area contributed by atoms with Gasteiger partial charge in [-0.3, -0.25) is 4.79 Å². The highest BCUT2D eigenvalue weighted by Gasteiger charge is 2.61. The number of alkyl halides is 3. The first kappa shape index (κ1) is 22.5. The summed E-state index contributed by atoms with van der Waals surface area (Å²) in [6.07, 6.45) is -4.50. The molecule has 178 valence electrons. The number of aromatic nitrogens is 1. The summed E-state index contributed by atoms with van der Waals surface area (Å²) in [6.45, 7) is 0.937. The highest BCUT2D eigenvalue weighted by molar-refractivity contribution is 6.00. The van der Waals surface area contributed by atoms with Crippen LogP contribution in [0.2, 0.25) is 0 Å². The second kappa shape index (κ2) is 7.59. The van der Waals surface area contributed by atoms with Gasteiger partial charge < -0.3 is 19.1 Å². The Balaban J connectivity index is 1.69.